The van der Waals surface area contributed by atoms with Crippen molar-refractivity contribution in [2.75, 3.05) is 20.1 Å². The van der Waals surface area contributed by atoms with Gasteiger partial charge in [-0.3, -0.25) is 0 Å². The van der Waals surface area contributed by atoms with Gasteiger partial charge in [0.25, 0.3) is 0 Å². The van der Waals surface area contributed by atoms with Gasteiger partial charge in [0, 0.05) is 19.1 Å². The number of hydrogen-bond acceptors (Lipinski definition) is 2. The van der Waals surface area contributed by atoms with Gasteiger partial charge in [-0.1, -0.05) is 56.5 Å². The van der Waals surface area contributed by atoms with Crippen molar-refractivity contribution in [3.63, 3.8) is 0 Å². The number of nitrogens with zero attached hydrogens (tertiary/aromatic N) is 1. The normalized spacial score (nSPS) is 18.4. The first-order valence-electron chi connectivity index (χ1n) is 8.25. The molecule has 0 aromatic heterocycles. The molecule has 0 bridgehead atoms. The van der Waals surface area contributed by atoms with E-state index in [4.69, 9.17) is 0 Å². The van der Waals surface area contributed by atoms with Crippen molar-refractivity contribution in [3.05, 3.63) is 35.9 Å². The van der Waals surface area contributed by atoms with E-state index >= 15 is 0 Å². The van der Waals surface area contributed by atoms with E-state index in [1.165, 1.54) is 37.7 Å². The summed E-state index contributed by atoms with van der Waals surface area (Å²) in [5.74, 6) is 0.877. The van der Waals surface area contributed by atoms with E-state index in [2.05, 4.69) is 54.5 Å². The molecule has 1 aromatic rings. The summed E-state index contributed by atoms with van der Waals surface area (Å²) in [4.78, 5) is 2.47. The molecule has 0 spiro atoms. The molecule has 0 amide bonds. The van der Waals surface area contributed by atoms with Crippen LogP contribution < -0.4 is 5.32 Å². The van der Waals surface area contributed by atoms with Crippen LogP contribution in [0.1, 0.15) is 44.6 Å². The van der Waals surface area contributed by atoms with E-state index in [9.17, 15) is 0 Å². The Balaban J connectivity index is 1.86. The van der Waals surface area contributed by atoms with Crippen LogP contribution in [-0.2, 0) is 6.54 Å². The van der Waals surface area contributed by atoms with E-state index in [0.29, 0.717) is 6.04 Å². The first-order valence-corrected chi connectivity index (χ1v) is 8.25. The highest BCUT2D eigenvalue weighted by atomic mass is 15.1. The van der Waals surface area contributed by atoms with Crippen molar-refractivity contribution in [1.29, 1.82) is 0 Å². The van der Waals surface area contributed by atoms with Gasteiger partial charge in [0.05, 0.1) is 0 Å². The van der Waals surface area contributed by atoms with Gasteiger partial charge in [0.15, 0.2) is 0 Å². The topological polar surface area (TPSA) is 15.3 Å². The third kappa shape index (κ3) is 4.92. The zero-order chi connectivity index (χ0) is 14.2. The second kappa shape index (κ2) is 8.43. The molecule has 112 valence electrons. The molecule has 2 heteroatoms. The van der Waals surface area contributed by atoms with Crippen LogP contribution in [0.2, 0.25) is 0 Å². The van der Waals surface area contributed by atoms with Crippen LogP contribution in [0.3, 0.4) is 0 Å². The molecule has 2 nitrogen and oxygen atoms in total. The second-order valence-electron chi connectivity index (χ2n) is 6.24. The summed E-state index contributed by atoms with van der Waals surface area (Å²) in [6.45, 7) is 5.52. The summed E-state index contributed by atoms with van der Waals surface area (Å²) in [5, 5.41) is 3.73. The summed E-state index contributed by atoms with van der Waals surface area (Å²) in [5.41, 5.74) is 1.41. The Labute approximate surface area is 124 Å². The molecule has 0 aliphatic heterocycles. The van der Waals surface area contributed by atoms with Gasteiger partial charge in [-0.05, 0) is 37.9 Å². The Bertz CT molecular complexity index is 357. The largest absolute Gasteiger partial charge is 0.313 e. The fourth-order valence-corrected chi connectivity index (χ4v) is 3.47. The average molecular weight is 274 g/mol. The Morgan fingerprint density at radius 1 is 1.15 bits per heavy atom. The molecular weight excluding hydrogens is 244 g/mol. The molecule has 0 heterocycles. The number of likely N-dealkylation sites (N-methyl/N-ethyl adjacent to an activating group) is 2. The maximum atomic E-state index is 3.73. The monoisotopic (exact) mass is 274 g/mol. The van der Waals surface area contributed by atoms with E-state index in [0.717, 1.165) is 25.6 Å². The molecule has 1 fully saturated rings. The Morgan fingerprint density at radius 2 is 1.85 bits per heavy atom. The zero-order valence-corrected chi connectivity index (χ0v) is 13.1. The second-order valence-corrected chi connectivity index (χ2v) is 6.24. The predicted octanol–water partition coefficient (Wildman–Crippen LogP) is 3.68. The zero-order valence-electron chi connectivity index (χ0n) is 13.1. The minimum Gasteiger partial charge on any atom is -0.313 e. The van der Waals surface area contributed by atoms with Gasteiger partial charge in [0.1, 0.15) is 0 Å². The van der Waals surface area contributed by atoms with Crippen LogP contribution in [0.25, 0.3) is 0 Å². The van der Waals surface area contributed by atoms with E-state index in [1.54, 1.807) is 0 Å². The maximum absolute atomic E-state index is 3.73. The van der Waals surface area contributed by atoms with E-state index in [1.807, 2.05) is 0 Å². The minimum absolute atomic E-state index is 0.661. The fourth-order valence-electron chi connectivity index (χ4n) is 3.47. The molecule has 1 atom stereocenters. The number of nitrogens with one attached hydrogen (secondary N) is 1. The lowest BCUT2D eigenvalue weighted by atomic mass is 9.83. The minimum atomic E-state index is 0.661. The molecule has 20 heavy (non-hydrogen) atoms. The molecule has 1 saturated carbocycles. The van der Waals surface area contributed by atoms with Crippen LogP contribution in [0, 0.1) is 5.92 Å². The van der Waals surface area contributed by atoms with Crippen molar-refractivity contribution in [3.8, 4) is 0 Å². The fraction of sp³-hybridized carbons (Fsp3) is 0.667. The van der Waals surface area contributed by atoms with Crippen LogP contribution in [0.15, 0.2) is 30.3 Å². The van der Waals surface area contributed by atoms with Gasteiger partial charge in [-0.15, -0.1) is 0 Å². The summed E-state index contributed by atoms with van der Waals surface area (Å²) >= 11 is 0. The number of hydrogen-bond donors (Lipinski definition) is 1. The Kier molecular flexibility index (Phi) is 6.55. The van der Waals surface area contributed by atoms with Gasteiger partial charge < -0.3 is 10.2 Å². The molecule has 0 radical (unpaired) electrons. The lowest BCUT2D eigenvalue weighted by Gasteiger charge is -2.33. The number of rotatable bonds is 7. The third-order valence-corrected chi connectivity index (χ3v) is 4.49. The van der Waals surface area contributed by atoms with Crippen molar-refractivity contribution >= 4 is 0 Å². The highest BCUT2D eigenvalue weighted by Gasteiger charge is 2.23. The average Bonchev–Trinajstić information content (AvgIpc) is 2.49. The van der Waals surface area contributed by atoms with E-state index in [-0.39, 0.29) is 0 Å². The van der Waals surface area contributed by atoms with Crippen molar-refractivity contribution in [2.24, 2.45) is 5.92 Å². The molecule has 1 unspecified atom stereocenters. The smallest absolute Gasteiger partial charge is 0.0231 e. The van der Waals surface area contributed by atoms with Crippen molar-refractivity contribution < 1.29 is 0 Å². The lowest BCUT2D eigenvalue weighted by Crippen LogP contribution is -2.45. The number of benzene rings is 1. The van der Waals surface area contributed by atoms with Gasteiger partial charge in [-0.25, -0.2) is 0 Å². The molecule has 1 N–H and O–H groups in total. The summed E-state index contributed by atoms with van der Waals surface area (Å²) in [6, 6.07) is 11.5. The molecule has 2 rings (SSSR count). The highest BCUT2D eigenvalue weighted by molar-refractivity contribution is 5.14. The van der Waals surface area contributed by atoms with Gasteiger partial charge in [-0.2, -0.15) is 0 Å². The van der Waals surface area contributed by atoms with Crippen LogP contribution in [0.4, 0.5) is 0 Å². The summed E-state index contributed by atoms with van der Waals surface area (Å²) < 4.78 is 0. The molecule has 1 aromatic carbocycles. The van der Waals surface area contributed by atoms with Gasteiger partial charge in [0.2, 0.25) is 0 Å². The molecule has 1 aliphatic carbocycles. The van der Waals surface area contributed by atoms with E-state index < -0.39 is 0 Å². The van der Waals surface area contributed by atoms with Gasteiger partial charge >= 0.3 is 0 Å². The molecular formula is C18H30N2. The maximum Gasteiger partial charge on any atom is 0.0231 e. The standard InChI is InChI=1S/C18H30N2/c1-3-19-18(17-12-8-5-9-13-17)15-20(2)14-16-10-6-4-7-11-16/h4,6-7,10-11,17-19H,3,5,8-9,12-15H2,1-2H3. The molecule has 1 aliphatic rings. The summed E-state index contributed by atoms with van der Waals surface area (Å²) in [7, 11) is 2.25. The summed E-state index contributed by atoms with van der Waals surface area (Å²) in [6.07, 6.45) is 7.12. The highest BCUT2D eigenvalue weighted by Crippen LogP contribution is 2.27. The van der Waals surface area contributed by atoms with Crippen molar-refractivity contribution in [2.45, 2.75) is 51.6 Å². The van der Waals surface area contributed by atoms with Crippen LogP contribution in [0.5, 0.6) is 0 Å². The third-order valence-electron chi connectivity index (χ3n) is 4.49. The Hall–Kier alpha value is -0.860. The first-order chi connectivity index (χ1) is 9.79. The Morgan fingerprint density at radius 3 is 2.50 bits per heavy atom. The lowest BCUT2D eigenvalue weighted by molar-refractivity contribution is 0.203. The predicted molar refractivity (Wildman–Crippen MR) is 86.8 cm³/mol. The SMILES string of the molecule is CCNC(CN(C)Cc1ccccc1)C1CCCCC1. The molecule has 0 saturated heterocycles. The van der Waals surface area contributed by atoms with Crippen LogP contribution >= 0.6 is 0 Å². The first kappa shape index (κ1) is 15.5. The quantitative estimate of drug-likeness (QED) is 0.816. The van der Waals surface area contributed by atoms with Crippen LogP contribution in [-0.4, -0.2) is 31.1 Å². The van der Waals surface area contributed by atoms with Crippen molar-refractivity contribution in [1.82, 2.24) is 10.2 Å².